The van der Waals surface area contributed by atoms with Gasteiger partial charge in [0, 0.05) is 30.9 Å². The molecule has 3 N–H and O–H groups in total. The number of aromatic hydroxyl groups is 1. The van der Waals surface area contributed by atoms with E-state index in [0.29, 0.717) is 35.9 Å². The first-order chi connectivity index (χ1) is 11.0. The van der Waals surface area contributed by atoms with Crippen LogP contribution in [0.5, 0.6) is 5.75 Å². The zero-order valence-corrected chi connectivity index (χ0v) is 14.0. The summed E-state index contributed by atoms with van der Waals surface area (Å²) in [6.07, 6.45) is 1.76. The van der Waals surface area contributed by atoms with Crippen molar-refractivity contribution in [1.29, 1.82) is 0 Å². The third-order valence-electron chi connectivity index (χ3n) is 3.55. The number of hydrogen-bond donors (Lipinski definition) is 2. The van der Waals surface area contributed by atoms with Crippen molar-refractivity contribution in [2.45, 2.75) is 13.5 Å². The molecule has 0 amide bonds. The van der Waals surface area contributed by atoms with E-state index in [1.807, 2.05) is 11.8 Å². The molecule has 0 bridgehead atoms. The van der Waals surface area contributed by atoms with Crippen LogP contribution in [0.1, 0.15) is 12.5 Å². The van der Waals surface area contributed by atoms with Gasteiger partial charge in [-0.1, -0.05) is 0 Å². The highest BCUT2D eigenvalue weighted by molar-refractivity contribution is 9.10. The van der Waals surface area contributed by atoms with E-state index in [-0.39, 0.29) is 10.2 Å². The summed E-state index contributed by atoms with van der Waals surface area (Å²) in [6, 6.07) is 6.04. The summed E-state index contributed by atoms with van der Waals surface area (Å²) in [5.74, 6) is 0.700. The van der Waals surface area contributed by atoms with E-state index in [4.69, 9.17) is 5.73 Å². The van der Waals surface area contributed by atoms with Crippen molar-refractivity contribution in [2.24, 2.45) is 0 Å². The molecule has 2 heterocycles. The van der Waals surface area contributed by atoms with Crippen molar-refractivity contribution in [1.82, 2.24) is 14.6 Å². The number of phenols is 1. The fraction of sp³-hybridized carbons (Fsp3) is 0.200. The van der Waals surface area contributed by atoms with E-state index in [1.165, 1.54) is 12.1 Å². The maximum absolute atomic E-state index is 13.7. The van der Waals surface area contributed by atoms with E-state index in [2.05, 4.69) is 26.0 Å². The number of rotatable bonds is 4. The highest BCUT2D eigenvalue weighted by atomic mass is 79.9. The molecule has 2 aromatic heterocycles. The van der Waals surface area contributed by atoms with Crippen molar-refractivity contribution in [3.63, 3.8) is 0 Å². The Hall–Kier alpha value is -2.35. The van der Waals surface area contributed by atoms with Gasteiger partial charge < -0.3 is 15.7 Å². The summed E-state index contributed by atoms with van der Waals surface area (Å²) >= 11 is 3.19. The molecule has 23 heavy (non-hydrogen) atoms. The van der Waals surface area contributed by atoms with Crippen LogP contribution in [-0.2, 0) is 6.54 Å². The predicted molar refractivity (Wildman–Crippen MR) is 89.9 cm³/mol. The van der Waals surface area contributed by atoms with Crippen molar-refractivity contribution < 1.29 is 9.50 Å². The van der Waals surface area contributed by atoms with Crippen LogP contribution in [0.15, 0.2) is 34.9 Å². The average Bonchev–Trinajstić information content (AvgIpc) is 2.90. The molecular formula is C15H15BrFN5O. The lowest BCUT2D eigenvalue weighted by atomic mass is 10.2. The third-order valence-corrected chi connectivity index (χ3v) is 4.41. The molecule has 8 heteroatoms. The Kier molecular flexibility index (Phi) is 4.08. The number of nitrogens with two attached hydrogens (primary N) is 1. The maximum atomic E-state index is 13.7. The summed E-state index contributed by atoms with van der Waals surface area (Å²) in [7, 11) is 0. The van der Waals surface area contributed by atoms with Gasteiger partial charge in [-0.3, -0.25) is 0 Å². The molecule has 0 unspecified atom stereocenters. The van der Waals surface area contributed by atoms with Crippen LogP contribution < -0.4 is 10.6 Å². The minimum absolute atomic E-state index is 0.0337. The second-order valence-electron chi connectivity index (χ2n) is 5.03. The normalized spacial score (nSPS) is 11.1. The van der Waals surface area contributed by atoms with E-state index in [0.717, 1.165) is 0 Å². The van der Waals surface area contributed by atoms with Gasteiger partial charge in [0.15, 0.2) is 5.65 Å². The molecule has 1 aromatic carbocycles. The van der Waals surface area contributed by atoms with Crippen LogP contribution in [0, 0.1) is 5.82 Å². The number of halogens is 2. The number of hydrogen-bond acceptors (Lipinski definition) is 5. The second-order valence-corrected chi connectivity index (χ2v) is 5.82. The molecule has 0 aliphatic rings. The molecule has 0 aliphatic heterocycles. The molecule has 0 aliphatic carbocycles. The van der Waals surface area contributed by atoms with Crippen molar-refractivity contribution in [3.05, 3.63) is 46.3 Å². The van der Waals surface area contributed by atoms with Crippen LogP contribution in [0.25, 0.3) is 5.65 Å². The van der Waals surface area contributed by atoms with Gasteiger partial charge in [-0.2, -0.15) is 0 Å². The van der Waals surface area contributed by atoms with Crippen LogP contribution >= 0.6 is 15.9 Å². The van der Waals surface area contributed by atoms with Gasteiger partial charge in [0.1, 0.15) is 23.2 Å². The van der Waals surface area contributed by atoms with E-state index in [1.54, 1.807) is 22.8 Å². The molecule has 0 saturated carbocycles. The SMILES string of the molecule is CCN(Cc1c(O)ccc(F)c1Br)c1ccn2nc(N)cc2n1. The minimum atomic E-state index is -0.416. The molecule has 3 rings (SSSR count). The molecule has 0 fully saturated rings. The van der Waals surface area contributed by atoms with Gasteiger partial charge in [0.25, 0.3) is 0 Å². The standard InChI is InChI=1S/C15H15BrFN5O/c1-2-21(8-9-11(23)4-3-10(17)15(9)16)13-5-6-22-14(19-13)7-12(18)20-22/h3-7,23H,2,8H2,1H3,(H2,18,20). The fourth-order valence-corrected chi connectivity index (χ4v) is 2.80. The van der Waals surface area contributed by atoms with Gasteiger partial charge in [-0.05, 0) is 41.1 Å². The number of nitrogens with zero attached hydrogens (tertiary/aromatic N) is 4. The number of aromatic nitrogens is 3. The summed E-state index contributed by atoms with van der Waals surface area (Å²) in [5, 5.41) is 14.1. The topological polar surface area (TPSA) is 79.7 Å². The van der Waals surface area contributed by atoms with Crippen LogP contribution in [0.3, 0.4) is 0 Å². The smallest absolute Gasteiger partial charge is 0.159 e. The lowest BCUT2D eigenvalue weighted by Crippen LogP contribution is -2.23. The molecule has 0 atom stereocenters. The van der Waals surface area contributed by atoms with Gasteiger partial charge in [0.2, 0.25) is 0 Å². The lowest BCUT2D eigenvalue weighted by molar-refractivity contribution is 0.463. The average molecular weight is 380 g/mol. The van der Waals surface area contributed by atoms with Crippen molar-refractivity contribution in [3.8, 4) is 5.75 Å². The summed E-state index contributed by atoms with van der Waals surface area (Å²) < 4.78 is 15.6. The largest absolute Gasteiger partial charge is 0.508 e. The molecule has 0 saturated heterocycles. The Bertz CT molecular complexity index is 866. The molecule has 6 nitrogen and oxygen atoms in total. The van der Waals surface area contributed by atoms with Gasteiger partial charge in [0.05, 0.1) is 4.47 Å². The summed E-state index contributed by atoms with van der Waals surface area (Å²) in [6.45, 7) is 2.91. The first-order valence-corrected chi connectivity index (χ1v) is 7.81. The predicted octanol–water partition coefficient (Wildman–Crippen LogP) is 2.95. The monoisotopic (exact) mass is 379 g/mol. The number of phenolic OH excluding ortho intramolecular Hbond substituents is 1. The van der Waals surface area contributed by atoms with Crippen LogP contribution in [-0.4, -0.2) is 26.2 Å². The van der Waals surface area contributed by atoms with Gasteiger partial charge in [-0.15, -0.1) is 5.10 Å². The zero-order chi connectivity index (χ0) is 16.6. The van der Waals surface area contributed by atoms with Crippen LogP contribution in [0.2, 0.25) is 0 Å². The molecule has 0 spiro atoms. The molecular weight excluding hydrogens is 365 g/mol. The maximum Gasteiger partial charge on any atom is 0.159 e. The van der Waals surface area contributed by atoms with E-state index in [9.17, 15) is 9.50 Å². The number of anilines is 2. The number of fused-ring (bicyclic) bond motifs is 1. The highest BCUT2D eigenvalue weighted by Crippen LogP contribution is 2.30. The molecule has 0 radical (unpaired) electrons. The van der Waals surface area contributed by atoms with Gasteiger partial charge >= 0.3 is 0 Å². The van der Waals surface area contributed by atoms with Gasteiger partial charge in [-0.25, -0.2) is 13.9 Å². The Morgan fingerprint density at radius 2 is 2.17 bits per heavy atom. The summed E-state index contributed by atoms with van der Waals surface area (Å²) in [5.41, 5.74) is 6.76. The number of nitrogen functional groups attached to an aromatic ring is 1. The summed E-state index contributed by atoms with van der Waals surface area (Å²) in [4.78, 5) is 6.42. The lowest BCUT2D eigenvalue weighted by Gasteiger charge is -2.23. The first-order valence-electron chi connectivity index (χ1n) is 7.02. The third kappa shape index (κ3) is 2.94. The van der Waals surface area contributed by atoms with Crippen LogP contribution in [0.4, 0.5) is 16.0 Å². The molecule has 120 valence electrons. The Labute approximate surface area is 140 Å². The number of benzene rings is 1. The molecule has 3 aromatic rings. The zero-order valence-electron chi connectivity index (χ0n) is 12.4. The first kappa shape index (κ1) is 15.5. The minimum Gasteiger partial charge on any atom is -0.508 e. The Balaban J connectivity index is 1.97. The van der Waals surface area contributed by atoms with Crippen molar-refractivity contribution >= 4 is 33.2 Å². The van der Waals surface area contributed by atoms with E-state index < -0.39 is 5.82 Å². The van der Waals surface area contributed by atoms with Crippen molar-refractivity contribution in [2.75, 3.05) is 17.2 Å². The fourth-order valence-electron chi connectivity index (χ4n) is 2.34. The Morgan fingerprint density at radius 3 is 2.91 bits per heavy atom. The van der Waals surface area contributed by atoms with E-state index >= 15 is 0 Å². The quantitative estimate of drug-likeness (QED) is 0.728. The highest BCUT2D eigenvalue weighted by Gasteiger charge is 2.16. The Morgan fingerprint density at radius 1 is 1.39 bits per heavy atom. The second kappa shape index (κ2) is 6.04.